The molecule has 1 heterocycles. The van der Waals surface area contributed by atoms with E-state index in [2.05, 4.69) is 5.32 Å². The minimum Gasteiger partial charge on any atom is -0.345 e. The molecular weight excluding hydrogens is 274 g/mol. The van der Waals surface area contributed by atoms with Gasteiger partial charge < -0.3 is 10.2 Å². The zero-order chi connectivity index (χ0) is 15.2. The summed E-state index contributed by atoms with van der Waals surface area (Å²) in [6.45, 7) is 2.82. The molecular formula is C16H22F2N2O. The molecule has 0 aliphatic carbocycles. The molecule has 0 atom stereocenters. The molecule has 5 heteroatoms. The summed E-state index contributed by atoms with van der Waals surface area (Å²) in [5.41, 5.74) is 0.507. The summed E-state index contributed by atoms with van der Waals surface area (Å²) >= 11 is 0. The van der Waals surface area contributed by atoms with Crippen molar-refractivity contribution < 1.29 is 13.6 Å². The Hall–Kier alpha value is -1.49. The minimum atomic E-state index is -0.905. The smallest absolute Gasteiger partial charge is 0.226 e. The van der Waals surface area contributed by atoms with Crippen LogP contribution in [-0.4, -0.2) is 37.5 Å². The molecule has 116 valence electrons. The van der Waals surface area contributed by atoms with Crippen molar-refractivity contribution in [3.05, 3.63) is 35.4 Å². The summed E-state index contributed by atoms with van der Waals surface area (Å²) in [5.74, 6) is -1.18. The highest BCUT2D eigenvalue weighted by atomic mass is 19.2. The average molecular weight is 296 g/mol. The van der Waals surface area contributed by atoms with Gasteiger partial charge in [0, 0.05) is 13.6 Å². The van der Waals surface area contributed by atoms with Gasteiger partial charge in [0.15, 0.2) is 11.6 Å². The van der Waals surface area contributed by atoms with E-state index in [0.717, 1.165) is 44.5 Å². The van der Waals surface area contributed by atoms with Crippen LogP contribution >= 0.6 is 0 Å². The number of rotatable bonds is 5. The van der Waals surface area contributed by atoms with Gasteiger partial charge in [-0.15, -0.1) is 0 Å². The normalized spacial score (nSPS) is 16.0. The second kappa shape index (κ2) is 7.50. The number of carbonyl (C=O) groups excluding carboxylic acids is 1. The highest BCUT2D eigenvalue weighted by Crippen LogP contribution is 2.16. The highest BCUT2D eigenvalue weighted by molar-refractivity contribution is 5.78. The van der Waals surface area contributed by atoms with E-state index in [-0.39, 0.29) is 12.3 Å². The summed E-state index contributed by atoms with van der Waals surface area (Å²) in [6, 6.07) is 3.61. The molecule has 0 unspecified atom stereocenters. The standard InChI is InChI=1S/C16H22F2N2O/c1-20(9-6-12-4-7-19-8-5-12)16(21)11-13-2-3-14(17)15(18)10-13/h2-3,10,12,19H,4-9,11H2,1H3. The van der Waals surface area contributed by atoms with Gasteiger partial charge in [-0.25, -0.2) is 8.78 Å². The van der Waals surface area contributed by atoms with Gasteiger partial charge in [-0.3, -0.25) is 4.79 Å². The number of halogens is 2. The summed E-state index contributed by atoms with van der Waals surface area (Å²) in [5, 5.41) is 3.32. The maximum atomic E-state index is 13.1. The van der Waals surface area contributed by atoms with E-state index < -0.39 is 11.6 Å². The molecule has 3 nitrogen and oxygen atoms in total. The van der Waals surface area contributed by atoms with Crippen LogP contribution in [0.1, 0.15) is 24.8 Å². The van der Waals surface area contributed by atoms with E-state index in [4.69, 9.17) is 0 Å². The van der Waals surface area contributed by atoms with Crippen LogP contribution < -0.4 is 5.32 Å². The maximum absolute atomic E-state index is 13.1. The van der Waals surface area contributed by atoms with Gasteiger partial charge in [0.25, 0.3) is 0 Å². The van der Waals surface area contributed by atoms with Gasteiger partial charge in [0.05, 0.1) is 6.42 Å². The summed E-state index contributed by atoms with van der Waals surface area (Å²) < 4.78 is 26.0. The Kier molecular flexibility index (Phi) is 5.67. The van der Waals surface area contributed by atoms with E-state index in [1.165, 1.54) is 6.07 Å². The van der Waals surface area contributed by atoms with Gasteiger partial charge in [-0.1, -0.05) is 6.07 Å². The number of hydrogen-bond donors (Lipinski definition) is 1. The molecule has 0 aromatic heterocycles. The Labute approximate surface area is 124 Å². The van der Waals surface area contributed by atoms with Gasteiger partial charge in [0.2, 0.25) is 5.91 Å². The second-order valence-corrected chi connectivity index (χ2v) is 5.72. The van der Waals surface area contributed by atoms with Gasteiger partial charge in [0.1, 0.15) is 0 Å². The quantitative estimate of drug-likeness (QED) is 0.904. The Morgan fingerprint density at radius 2 is 2.00 bits per heavy atom. The van der Waals surface area contributed by atoms with Crippen molar-refractivity contribution in [1.29, 1.82) is 0 Å². The molecule has 0 bridgehead atoms. The first-order chi connectivity index (χ1) is 10.1. The van der Waals surface area contributed by atoms with Crippen LogP contribution in [0.4, 0.5) is 8.78 Å². The Bertz CT molecular complexity index is 487. The van der Waals surface area contributed by atoms with E-state index in [9.17, 15) is 13.6 Å². The lowest BCUT2D eigenvalue weighted by molar-refractivity contribution is -0.129. The molecule has 1 saturated heterocycles. The third-order valence-corrected chi connectivity index (χ3v) is 4.10. The van der Waals surface area contributed by atoms with Crippen molar-refractivity contribution in [2.24, 2.45) is 5.92 Å². The maximum Gasteiger partial charge on any atom is 0.226 e. The number of carbonyl (C=O) groups is 1. The monoisotopic (exact) mass is 296 g/mol. The van der Waals surface area contributed by atoms with Crippen LogP contribution in [0.3, 0.4) is 0 Å². The Morgan fingerprint density at radius 3 is 2.67 bits per heavy atom. The SMILES string of the molecule is CN(CCC1CCNCC1)C(=O)Cc1ccc(F)c(F)c1. The van der Waals surface area contributed by atoms with Crippen LogP contribution in [0.15, 0.2) is 18.2 Å². The number of hydrogen-bond acceptors (Lipinski definition) is 2. The lowest BCUT2D eigenvalue weighted by Gasteiger charge is -2.25. The van der Waals surface area contributed by atoms with Crippen molar-refractivity contribution in [1.82, 2.24) is 10.2 Å². The molecule has 0 radical (unpaired) electrons. The fourth-order valence-corrected chi connectivity index (χ4v) is 2.63. The molecule has 2 rings (SSSR count). The topological polar surface area (TPSA) is 32.3 Å². The molecule has 1 aromatic rings. The molecule has 21 heavy (non-hydrogen) atoms. The number of benzene rings is 1. The van der Waals surface area contributed by atoms with Crippen molar-refractivity contribution in [2.45, 2.75) is 25.7 Å². The summed E-state index contributed by atoms with van der Waals surface area (Å²) in [4.78, 5) is 13.8. The van der Waals surface area contributed by atoms with Crippen molar-refractivity contribution in [2.75, 3.05) is 26.7 Å². The van der Waals surface area contributed by atoms with Gasteiger partial charge in [-0.05, 0) is 56.0 Å². The Balaban J connectivity index is 1.80. The second-order valence-electron chi connectivity index (χ2n) is 5.72. The van der Waals surface area contributed by atoms with Crippen LogP contribution in [-0.2, 0) is 11.2 Å². The molecule has 0 saturated carbocycles. The molecule has 1 N–H and O–H groups in total. The first-order valence-corrected chi connectivity index (χ1v) is 7.45. The lowest BCUT2D eigenvalue weighted by Crippen LogP contribution is -2.33. The molecule has 1 aliphatic rings. The van der Waals surface area contributed by atoms with Gasteiger partial charge >= 0.3 is 0 Å². The van der Waals surface area contributed by atoms with Crippen molar-refractivity contribution in [3.63, 3.8) is 0 Å². The van der Waals surface area contributed by atoms with E-state index >= 15 is 0 Å². The van der Waals surface area contributed by atoms with Crippen LogP contribution in [0.25, 0.3) is 0 Å². The van der Waals surface area contributed by atoms with Crippen LogP contribution in [0.2, 0.25) is 0 Å². The minimum absolute atomic E-state index is 0.0602. The van der Waals surface area contributed by atoms with Crippen LogP contribution in [0, 0.1) is 17.6 Å². The average Bonchev–Trinajstić information content (AvgIpc) is 2.49. The lowest BCUT2D eigenvalue weighted by atomic mass is 9.94. The van der Waals surface area contributed by atoms with Crippen LogP contribution in [0.5, 0.6) is 0 Å². The number of nitrogens with one attached hydrogen (secondary N) is 1. The first kappa shape index (κ1) is 15.9. The predicted octanol–water partition coefficient (Wildman–Crippen LogP) is 2.36. The third-order valence-electron chi connectivity index (χ3n) is 4.10. The van der Waals surface area contributed by atoms with Crippen molar-refractivity contribution in [3.8, 4) is 0 Å². The zero-order valence-corrected chi connectivity index (χ0v) is 12.4. The Morgan fingerprint density at radius 1 is 1.29 bits per heavy atom. The molecule has 1 aliphatic heterocycles. The fraction of sp³-hybridized carbons (Fsp3) is 0.562. The summed E-state index contributed by atoms with van der Waals surface area (Å²) in [7, 11) is 1.77. The molecule has 1 amide bonds. The first-order valence-electron chi connectivity index (χ1n) is 7.45. The number of piperidine rings is 1. The number of likely N-dealkylation sites (N-methyl/N-ethyl adjacent to an activating group) is 1. The third kappa shape index (κ3) is 4.77. The molecule has 0 spiro atoms. The molecule has 1 fully saturated rings. The summed E-state index contributed by atoms with van der Waals surface area (Å²) in [6.07, 6.45) is 3.43. The highest BCUT2D eigenvalue weighted by Gasteiger charge is 2.16. The number of nitrogens with zero attached hydrogens (tertiary/aromatic N) is 1. The van der Waals surface area contributed by atoms with E-state index in [1.54, 1.807) is 11.9 Å². The largest absolute Gasteiger partial charge is 0.345 e. The predicted molar refractivity (Wildman–Crippen MR) is 77.9 cm³/mol. The number of amides is 1. The van der Waals surface area contributed by atoms with E-state index in [1.807, 2.05) is 0 Å². The van der Waals surface area contributed by atoms with E-state index in [0.29, 0.717) is 18.0 Å². The zero-order valence-electron chi connectivity index (χ0n) is 12.4. The molecule has 1 aromatic carbocycles. The fourth-order valence-electron chi connectivity index (χ4n) is 2.63. The van der Waals surface area contributed by atoms with Gasteiger partial charge in [-0.2, -0.15) is 0 Å². The van der Waals surface area contributed by atoms with Crippen molar-refractivity contribution >= 4 is 5.91 Å².